The summed E-state index contributed by atoms with van der Waals surface area (Å²) in [5, 5.41) is 1.84. The molecule has 0 radical (unpaired) electrons. The highest BCUT2D eigenvalue weighted by Gasteiger charge is 2.40. The third kappa shape index (κ3) is 3.13. The number of amides is 2. The Labute approximate surface area is 169 Å². The number of sulfonamides is 1. The highest BCUT2D eigenvalue weighted by Crippen LogP contribution is 2.29. The van der Waals surface area contributed by atoms with E-state index in [1.165, 1.54) is 27.9 Å². The van der Waals surface area contributed by atoms with E-state index >= 15 is 0 Å². The molecule has 8 nitrogen and oxygen atoms in total. The maximum atomic E-state index is 12.9. The van der Waals surface area contributed by atoms with Gasteiger partial charge in [-0.15, -0.1) is 11.3 Å². The molecule has 2 aromatic rings. The van der Waals surface area contributed by atoms with Crippen molar-refractivity contribution in [2.24, 2.45) is 0 Å². The smallest absolute Gasteiger partial charge is 0.323 e. The predicted molar refractivity (Wildman–Crippen MR) is 103 cm³/mol. The molecule has 1 aromatic heterocycles. The van der Waals surface area contributed by atoms with Gasteiger partial charge in [-0.3, -0.25) is 9.59 Å². The molecule has 0 saturated carbocycles. The first-order chi connectivity index (χ1) is 13.4. The van der Waals surface area contributed by atoms with Crippen LogP contribution in [0.25, 0.3) is 0 Å². The Hall–Kier alpha value is -2.21. The van der Waals surface area contributed by atoms with E-state index in [0.29, 0.717) is 29.7 Å². The van der Waals surface area contributed by atoms with Crippen LogP contribution in [0, 0.1) is 0 Å². The zero-order valence-electron chi connectivity index (χ0n) is 14.4. The number of nitrogens with zero attached hydrogens (tertiary/aromatic N) is 2. The van der Waals surface area contributed by atoms with Crippen molar-refractivity contribution in [2.75, 3.05) is 24.6 Å². The van der Waals surface area contributed by atoms with Gasteiger partial charge >= 0.3 is 5.97 Å². The van der Waals surface area contributed by atoms with Crippen LogP contribution in [0.3, 0.4) is 0 Å². The molecule has 1 saturated heterocycles. The summed E-state index contributed by atoms with van der Waals surface area (Å²) in [4.78, 5) is 42.0. The third-order valence-corrected chi connectivity index (χ3v) is 8.24. The van der Waals surface area contributed by atoms with E-state index < -0.39 is 27.8 Å². The van der Waals surface area contributed by atoms with Crippen molar-refractivity contribution in [1.82, 2.24) is 9.37 Å². The summed E-state index contributed by atoms with van der Waals surface area (Å²) in [6.45, 7) is 0.714. The van der Waals surface area contributed by atoms with Gasteiger partial charge < -0.3 is 4.84 Å². The lowest BCUT2D eigenvalue weighted by Crippen LogP contribution is -2.38. The quantitative estimate of drug-likeness (QED) is 0.672. The van der Waals surface area contributed by atoms with Gasteiger partial charge in [0.25, 0.3) is 11.8 Å². The van der Waals surface area contributed by atoms with Crippen molar-refractivity contribution in [3.63, 3.8) is 0 Å². The minimum absolute atomic E-state index is 0.130. The highest BCUT2D eigenvalue weighted by molar-refractivity contribution is 7.99. The molecule has 2 aliphatic rings. The lowest BCUT2D eigenvalue weighted by atomic mass is 10.1. The summed E-state index contributed by atoms with van der Waals surface area (Å²) in [5.74, 6) is -1.23. The fraction of sp³-hybridized carbons (Fsp3) is 0.235. The molecule has 1 aromatic carbocycles. The first-order valence-corrected chi connectivity index (χ1v) is 11.7. The van der Waals surface area contributed by atoms with E-state index in [4.69, 9.17) is 4.84 Å². The number of carbonyl (C=O) groups excluding carboxylic acids is 3. The van der Waals surface area contributed by atoms with Crippen molar-refractivity contribution >= 4 is 50.9 Å². The van der Waals surface area contributed by atoms with Crippen LogP contribution in [-0.4, -0.2) is 60.2 Å². The zero-order valence-corrected chi connectivity index (χ0v) is 16.8. The summed E-state index contributed by atoms with van der Waals surface area (Å²) in [7, 11) is -3.87. The largest absolute Gasteiger partial charge is 0.375 e. The summed E-state index contributed by atoms with van der Waals surface area (Å²) >= 11 is 2.54. The van der Waals surface area contributed by atoms with Gasteiger partial charge in [-0.2, -0.15) is 16.1 Å². The molecule has 0 spiro atoms. The molecule has 1 fully saturated rings. The number of hydroxylamine groups is 2. The Morgan fingerprint density at radius 2 is 1.61 bits per heavy atom. The lowest BCUT2D eigenvalue weighted by Gasteiger charge is -2.25. The molecule has 0 N–H and O–H groups in total. The molecule has 3 heterocycles. The summed E-state index contributed by atoms with van der Waals surface area (Å²) < 4.78 is 27.1. The Morgan fingerprint density at radius 3 is 2.21 bits per heavy atom. The fourth-order valence-corrected chi connectivity index (χ4v) is 6.79. The van der Waals surface area contributed by atoms with Crippen LogP contribution >= 0.6 is 23.1 Å². The SMILES string of the molecule is O=C(ON1C(=O)c2ccccc2C1=O)c1sccc1S(=O)(=O)N1CCSCC1. The van der Waals surface area contributed by atoms with Gasteiger partial charge in [0.1, 0.15) is 9.77 Å². The van der Waals surface area contributed by atoms with Gasteiger partial charge in [0.15, 0.2) is 0 Å². The van der Waals surface area contributed by atoms with Gasteiger partial charge in [-0.1, -0.05) is 17.2 Å². The lowest BCUT2D eigenvalue weighted by molar-refractivity contribution is -0.0583. The summed E-state index contributed by atoms with van der Waals surface area (Å²) in [6, 6.07) is 7.44. The number of imide groups is 1. The van der Waals surface area contributed by atoms with E-state index in [9.17, 15) is 22.8 Å². The average Bonchev–Trinajstić information content (AvgIpc) is 3.30. The van der Waals surface area contributed by atoms with E-state index in [-0.39, 0.29) is 20.9 Å². The van der Waals surface area contributed by atoms with Crippen LogP contribution in [0.1, 0.15) is 30.4 Å². The van der Waals surface area contributed by atoms with Crippen molar-refractivity contribution in [2.45, 2.75) is 4.90 Å². The monoisotopic (exact) mass is 438 g/mol. The first-order valence-electron chi connectivity index (χ1n) is 8.27. The predicted octanol–water partition coefficient (Wildman–Crippen LogP) is 1.85. The van der Waals surface area contributed by atoms with Crippen LogP contribution < -0.4 is 0 Å². The van der Waals surface area contributed by atoms with Crippen molar-refractivity contribution < 1.29 is 27.6 Å². The minimum Gasteiger partial charge on any atom is -0.323 e. The normalized spacial score (nSPS) is 17.6. The fourth-order valence-electron chi connectivity index (χ4n) is 2.95. The van der Waals surface area contributed by atoms with Crippen molar-refractivity contribution in [3.05, 3.63) is 51.7 Å². The van der Waals surface area contributed by atoms with E-state index in [2.05, 4.69) is 0 Å². The number of thiophene rings is 1. The Bertz CT molecular complexity index is 1040. The van der Waals surface area contributed by atoms with Crippen molar-refractivity contribution in [3.8, 4) is 0 Å². The maximum Gasteiger partial charge on any atom is 0.375 e. The molecular formula is C17H14N2O6S3. The standard InChI is InChI=1S/C17H14N2O6S3/c20-15-11-3-1-2-4-12(11)16(21)19(15)25-17(22)14-13(5-8-27-14)28(23,24)18-6-9-26-10-7-18/h1-5,8H,6-7,9-10H2. The number of hydrogen-bond acceptors (Lipinski definition) is 8. The molecule has 4 rings (SSSR count). The Kier molecular flexibility index (Phi) is 5.00. The number of benzene rings is 1. The number of thioether (sulfide) groups is 1. The molecule has 2 aliphatic heterocycles. The molecule has 0 atom stereocenters. The van der Waals surface area contributed by atoms with Crippen LogP contribution in [0.4, 0.5) is 0 Å². The first kappa shape index (κ1) is 19.1. The van der Waals surface area contributed by atoms with Crippen LogP contribution in [0.15, 0.2) is 40.6 Å². The summed E-state index contributed by atoms with van der Waals surface area (Å²) in [5.41, 5.74) is 0.260. The Balaban J connectivity index is 1.59. The second-order valence-electron chi connectivity index (χ2n) is 5.96. The van der Waals surface area contributed by atoms with Gasteiger partial charge in [0.2, 0.25) is 10.0 Å². The number of carbonyl (C=O) groups is 3. The number of hydrogen-bond donors (Lipinski definition) is 0. The molecule has 28 heavy (non-hydrogen) atoms. The number of rotatable bonds is 4. The van der Waals surface area contributed by atoms with Gasteiger partial charge in [-0.05, 0) is 23.6 Å². The molecule has 2 amide bonds. The molecule has 146 valence electrons. The highest BCUT2D eigenvalue weighted by atomic mass is 32.2. The number of fused-ring (bicyclic) bond motifs is 1. The van der Waals surface area contributed by atoms with E-state index in [1.807, 2.05) is 0 Å². The van der Waals surface area contributed by atoms with Crippen LogP contribution in [0.5, 0.6) is 0 Å². The summed E-state index contributed by atoms with van der Waals surface area (Å²) in [6.07, 6.45) is 0. The van der Waals surface area contributed by atoms with Gasteiger partial charge in [-0.25, -0.2) is 13.2 Å². The molecule has 0 bridgehead atoms. The van der Waals surface area contributed by atoms with Gasteiger partial charge in [0.05, 0.1) is 11.1 Å². The van der Waals surface area contributed by atoms with E-state index in [0.717, 1.165) is 11.3 Å². The second-order valence-corrected chi connectivity index (χ2v) is 10.0. The van der Waals surface area contributed by atoms with E-state index in [1.54, 1.807) is 23.9 Å². The zero-order chi connectivity index (χ0) is 19.9. The minimum atomic E-state index is -3.87. The topological polar surface area (TPSA) is 101 Å². The molecule has 0 aliphatic carbocycles. The van der Waals surface area contributed by atoms with Gasteiger partial charge in [0, 0.05) is 24.6 Å². The van der Waals surface area contributed by atoms with Crippen molar-refractivity contribution in [1.29, 1.82) is 0 Å². The molecule has 0 unspecified atom stereocenters. The van der Waals surface area contributed by atoms with Crippen LogP contribution in [0.2, 0.25) is 0 Å². The third-order valence-electron chi connectivity index (χ3n) is 4.33. The van der Waals surface area contributed by atoms with Crippen LogP contribution in [-0.2, 0) is 14.9 Å². The Morgan fingerprint density at radius 1 is 1.00 bits per heavy atom. The maximum absolute atomic E-state index is 12.9. The second kappa shape index (κ2) is 7.32. The average molecular weight is 439 g/mol. The molecular weight excluding hydrogens is 424 g/mol. The molecule has 11 heteroatoms.